The minimum atomic E-state index is 0.122. The Morgan fingerprint density at radius 2 is 2.05 bits per heavy atom. The Hall–Kier alpha value is -0.810. The Balaban J connectivity index is 1.98. The van der Waals surface area contributed by atoms with Gasteiger partial charge in [-0.25, -0.2) is 0 Å². The lowest BCUT2D eigenvalue weighted by atomic mass is 10.3. The number of carbonyl (C=O) groups is 1. The number of aromatic nitrogens is 1. The zero-order chi connectivity index (χ0) is 14.0. The summed E-state index contributed by atoms with van der Waals surface area (Å²) in [6.07, 6.45) is 5.40. The highest BCUT2D eigenvalue weighted by Crippen LogP contribution is 2.37. The lowest BCUT2D eigenvalue weighted by molar-refractivity contribution is 0.0780. The van der Waals surface area contributed by atoms with E-state index in [-0.39, 0.29) is 5.91 Å². The van der Waals surface area contributed by atoms with Crippen molar-refractivity contribution in [3.63, 3.8) is 0 Å². The second-order valence-corrected chi connectivity index (χ2v) is 6.48. The van der Waals surface area contributed by atoms with Gasteiger partial charge in [-0.2, -0.15) is 0 Å². The fourth-order valence-electron chi connectivity index (χ4n) is 2.19. The van der Waals surface area contributed by atoms with Gasteiger partial charge in [-0.05, 0) is 61.9 Å². The van der Waals surface area contributed by atoms with E-state index < -0.39 is 0 Å². The topological polar surface area (TPSA) is 28.5 Å². The molecule has 1 saturated carbocycles. The third kappa shape index (κ3) is 3.83. The highest BCUT2D eigenvalue weighted by Gasteiger charge is 2.28. The molecule has 0 bridgehead atoms. The molecule has 1 heterocycles. The second-order valence-electron chi connectivity index (χ2n) is 5.57. The van der Waals surface area contributed by atoms with Crippen LogP contribution in [0.4, 0.5) is 0 Å². The molecule has 1 aliphatic rings. The molecule has 0 saturated heterocycles. The van der Waals surface area contributed by atoms with Crippen LogP contribution in [0.2, 0.25) is 0 Å². The summed E-state index contributed by atoms with van der Waals surface area (Å²) in [5.41, 5.74) is 0.807. The molecule has 1 amide bonds. The van der Waals surface area contributed by atoms with Crippen LogP contribution < -0.4 is 0 Å². The third-order valence-corrected chi connectivity index (χ3v) is 3.85. The molecule has 1 aromatic heterocycles. The molecule has 1 aliphatic carbocycles. The van der Waals surface area contributed by atoms with Crippen molar-refractivity contribution in [3.8, 4) is 0 Å². The Morgan fingerprint density at radius 3 is 2.63 bits per heavy atom. The first-order valence-corrected chi connectivity index (χ1v) is 7.56. The van der Waals surface area contributed by atoms with Crippen molar-refractivity contribution < 1.29 is 4.79 Å². The molecule has 0 aliphatic heterocycles. The maximum absolute atomic E-state index is 12.5. The summed E-state index contributed by atoms with van der Waals surface area (Å²) < 4.78 is 3.11. The smallest absolute Gasteiger partial charge is 0.270 e. The van der Waals surface area contributed by atoms with Crippen molar-refractivity contribution >= 4 is 21.8 Å². The van der Waals surface area contributed by atoms with Gasteiger partial charge in [0.15, 0.2) is 0 Å². The van der Waals surface area contributed by atoms with Crippen molar-refractivity contribution in [2.75, 3.05) is 34.2 Å². The zero-order valence-electron chi connectivity index (χ0n) is 11.9. The predicted molar refractivity (Wildman–Crippen MR) is 80.5 cm³/mol. The summed E-state index contributed by atoms with van der Waals surface area (Å²) >= 11 is 3.47. The molecule has 2 rings (SSSR count). The minimum Gasteiger partial charge on any atom is -0.340 e. The summed E-state index contributed by atoms with van der Waals surface area (Å²) in [6.45, 7) is 1.80. The molecule has 106 valence electrons. The van der Waals surface area contributed by atoms with E-state index in [0.717, 1.165) is 29.7 Å². The van der Waals surface area contributed by atoms with Crippen LogP contribution in [0.1, 0.15) is 35.8 Å². The van der Waals surface area contributed by atoms with Crippen molar-refractivity contribution in [1.82, 2.24) is 14.4 Å². The molecule has 0 radical (unpaired) electrons. The van der Waals surface area contributed by atoms with E-state index in [1.165, 1.54) is 12.8 Å². The number of halogens is 1. The standard InChI is InChI=1S/C14H22BrN3O/c1-16(2)7-4-8-17(3)14(19)13-9-11(15)10-18(13)12-5-6-12/h9-10,12H,4-8H2,1-3H3. The quantitative estimate of drug-likeness (QED) is 0.803. The van der Waals surface area contributed by atoms with Crippen LogP contribution in [0, 0.1) is 0 Å². The van der Waals surface area contributed by atoms with Gasteiger partial charge in [0.05, 0.1) is 0 Å². The maximum atomic E-state index is 12.5. The van der Waals surface area contributed by atoms with Gasteiger partial charge in [-0.15, -0.1) is 0 Å². The van der Waals surface area contributed by atoms with Gasteiger partial charge in [-0.1, -0.05) is 0 Å². The fourth-order valence-corrected chi connectivity index (χ4v) is 2.63. The first-order chi connectivity index (χ1) is 8.99. The maximum Gasteiger partial charge on any atom is 0.270 e. The number of hydrogen-bond donors (Lipinski definition) is 0. The molecule has 19 heavy (non-hydrogen) atoms. The molecule has 4 nitrogen and oxygen atoms in total. The minimum absolute atomic E-state index is 0.122. The molecule has 5 heteroatoms. The summed E-state index contributed by atoms with van der Waals surface area (Å²) in [5.74, 6) is 0.122. The summed E-state index contributed by atoms with van der Waals surface area (Å²) in [7, 11) is 5.99. The number of nitrogens with zero attached hydrogens (tertiary/aromatic N) is 3. The van der Waals surface area contributed by atoms with E-state index in [0.29, 0.717) is 6.04 Å². The largest absolute Gasteiger partial charge is 0.340 e. The predicted octanol–water partition coefficient (Wildman–Crippen LogP) is 2.61. The molecule has 0 N–H and O–H groups in total. The van der Waals surface area contributed by atoms with Crippen LogP contribution in [0.3, 0.4) is 0 Å². The average molecular weight is 328 g/mol. The third-order valence-electron chi connectivity index (χ3n) is 3.42. The normalized spacial score (nSPS) is 15.0. The zero-order valence-corrected chi connectivity index (χ0v) is 13.5. The first-order valence-electron chi connectivity index (χ1n) is 6.76. The molecular weight excluding hydrogens is 306 g/mol. The average Bonchev–Trinajstić information content (AvgIpc) is 3.11. The van der Waals surface area contributed by atoms with Crippen LogP contribution in [0.25, 0.3) is 0 Å². The van der Waals surface area contributed by atoms with Gasteiger partial charge in [0, 0.05) is 30.3 Å². The monoisotopic (exact) mass is 327 g/mol. The van der Waals surface area contributed by atoms with Crippen molar-refractivity contribution in [1.29, 1.82) is 0 Å². The van der Waals surface area contributed by atoms with Crippen molar-refractivity contribution in [3.05, 3.63) is 22.4 Å². The Kier molecular flexibility index (Phi) is 4.68. The van der Waals surface area contributed by atoms with Crippen LogP contribution in [0.5, 0.6) is 0 Å². The van der Waals surface area contributed by atoms with E-state index in [9.17, 15) is 4.79 Å². The number of rotatable bonds is 6. The van der Waals surface area contributed by atoms with Gasteiger partial charge >= 0.3 is 0 Å². The Morgan fingerprint density at radius 1 is 1.37 bits per heavy atom. The van der Waals surface area contributed by atoms with Crippen molar-refractivity contribution in [2.45, 2.75) is 25.3 Å². The lowest BCUT2D eigenvalue weighted by Crippen LogP contribution is -2.31. The van der Waals surface area contributed by atoms with Gasteiger partial charge in [0.25, 0.3) is 5.91 Å². The lowest BCUT2D eigenvalue weighted by Gasteiger charge is -2.19. The van der Waals surface area contributed by atoms with Crippen molar-refractivity contribution in [2.24, 2.45) is 0 Å². The molecule has 0 aromatic carbocycles. The highest BCUT2D eigenvalue weighted by molar-refractivity contribution is 9.10. The SMILES string of the molecule is CN(C)CCCN(C)C(=O)c1cc(Br)cn1C1CC1. The Labute approximate surface area is 123 Å². The highest BCUT2D eigenvalue weighted by atomic mass is 79.9. The van der Waals surface area contributed by atoms with Gasteiger partial charge in [0.2, 0.25) is 0 Å². The fraction of sp³-hybridized carbons (Fsp3) is 0.643. The molecule has 0 unspecified atom stereocenters. The van der Waals surface area contributed by atoms with Crippen LogP contribution in [-0.2, 0) is 0 Å². The molecule has 1 fully saturated rings. The summed E-state index contributed by atoms with van der Waals surface area (Å²) in [6, 6.07) is 2.46. The van der Waals surface area contributed by atoms with E-state index in [2.05, 4.69) is 39.5 Å². The number of carbonyl (C=O) groups excluding carboxylic acids is 1. The molecule has 1 aromatic rings. The molecule has 0 atom stereocenters. The molecular formula is C14H22BrN3O. The van der Waals surface area contributed by atoms with E-state index in [4.69, 9.17) is 0 Å². The van der Waals surface area contributed by atoms with Gasteiger partial charge in [-0.3, -0.25) is 4.79 Å². The first kappa shape index (κ1) is 14.6. The van der Waals surface area contributed by atoms with E-state index in [1.807, 2.05) is 24.2 Å². The van der Waals surface area contributed by atoms with E-state index >= 15 is 0 Å². The molecule has 0 spiro atoms. The van der Waals surface area contributed by atoms with Crippen LogP contribution in [0.15, 0.2) is 16.7 Å². The van der Waals surface area contributed by atoms with Gasteiger partial charge < -0.3 is 14.4 Å². The van der Waals surface area contributed by atoms with Crippen LogP contribution >= 0.6 is 15.9 Å². The number of amides is 1. The van der Waals surface area contributed by atoms with Gasteiger partial charge in [0.1, 0.15) is 5.69 Å². The van der Waals surface area contributed by atoms with Crippen LogP contribution in [-0.4, -0.2) is 54.5 Å². The summed E-state index contributed by atoms with van der Waals surface area (Å²) in [4.78, 5) is 16.4. The Bertz CT molecular complexity index is 452. The number of hydrogen-bond acceptors (Lipinski definition) is 2. The second kappa shape index (κ2) is 6.09. The summed E-state index contributed by atoms with van der Waals surface area (Å²) in [5, 5.41) is 0. The van der Waals surface area contributed by atoms with E-state index in [1.54, 1.807) is 0 Å².